The molecule has 1 atom stereocenters. The summed E-state index contributed by atoms with van der Waals surface area (Å²) >= 11 is 0. The van der Waals surface area contributed by atoms with E-state index in [0.29, 0.717) is 31.0 Å². The highest BCUT2D eigenvalue weighted by molar-refractivity contribution is 7.89. The molecule has 0 radical (unpaired) electrons. The minimum atomic E-state index is -3.45. The number of rotatable bonds is 9. The van der Waals surface area contributed by atoms with Gasteiger partial charge in [0.05, 0.1) is 4.90 Å². The number of nitrogens with one attached hydrogen (secondary N) is 1. The van der Waals surface area contributed by atoms with Gasteiger partial charge in [0.1, 0.15) is 0 Å². The Labute approximate surface area is 196 Å². The minimum absolute atomic E-state index is 0.0294. The summed E-state index contributed by atoms with van der Waals surface area (Å²) in [6.07, 6.45) is 7.08. The number of hydrogen-bond acceptors (Lipinski definition) is 3. The van der Waals surface area contributed by atoms with Crippen LogP contribution in [0.15, 0.2) is 65.7 Å². The second kappa shape index (κ2) is 10.5. The van der Waals surface area contributed by atoms with Crippen molar-refractivity contribution in [2.75, 3.05) is 13.1 Å². The fraction of sp³-hybridized carbons (Fsp3) is 0.423. The van der Waals surface area contributed by atoms with Crippen LogP contribution in [0.2, 0.25) is 0 Å². The summed E-state index contributed by atoms with van der Waals surface area (Å²) in [5.41, 5.74) is 2.22. The summed E-state index contributed by atoms with van der Waals surface area (Å²) in [6.45, 7) is 3.79. The van der Waals surface area contributed by atoms with E-state index in [4.69, 9.17) is 0 Å². The summed E-state index contributed by atoms with van der Waals surface area (Å²) < 4.78 is 29.5. The standard InChI is InChI=1S/C26H33N3O3S/c1-21(10-11-22-8-4-2-5-9-22)27-26(30)15-19-28-18-14-23-20-24(12-13-25(23)28)33(31,32)29-16-6-3-7-17-29/h2,4-5,8-9,12-14,18,20-21H,3,6-7,10-11,15-17,19H2,1H3,(H,27,30)/t21-/m1/s1. The van der Waals surface area contributed by atoms with Crippen molar-refractivity contribution < 1.29 is 13.2 Å². The predicted octanol–water partition coefficient (Wildman–Crippen LogP) is 4.34. The van der Waals surface area contributed by atoms with Gasteiger partial charge in [-0.3, -0.25) is 4.79 Å². The second-order valence-corrected chi connectivity index (χ2v) is 10.9. The molecule has 0 bridgehead atoms. The lowest BCUT2D eigenvalue weighted by atomic mass is 10.1. The topological polar surface area (TPSA) is 71.4 Å². The number of aromatic nitrogens is 1. The van der Waals surface area contributed by atoms with Crippen molar-refractivity contribution in [1.82, 2.24) is 14.2 Å². The Morgan fingerprint density at radius 1 is 1.03 bits per heavy atom. The van der Waals surface area contributed by atoms with Gasteiger partial charge >= 0.3 is 0 Å². The Kier molecular flexibility index (Phi) is 7.50. The molecular formula is C26H33N3O3S. The van der Waals surface area contributed by atoms with E-state index in [1.165, 1.54) is 5.56 Å². The van der Waals surface area contributed by atoms with Crippen LogP contribution in [-0.4, -0.2) is 42.3 Å². The Balaban J connectivity index is 1.33. The molecule has 1 saturated heterocycles. The average molecular weight is 468 g/mol. The maximum Gasteiger partial charge on any atom is 0.243 e. The van der Waals surface area contributed by atoms with Gasteiger partial charge in [0.15, 0.2) is 0 Å². The highest BCUT2D eigenvalue weighted by atomic mass is 32.2. The normalized spacial score (nSPS) is 16.0. The molecule has 0 spiro atoms. The van der Waals surface area contributed by atoms with Crippen LogP contribution in [0.5, 0.6) is 0 Å². The number of amides is 1. The van der Waals surface area contributed by atoms with Crippen LogP contribution in [0.4, 0.5) is 0 Å². The molecule has 0 saturated carbocycles. The van der Waals surface area contributed by atoms with Crippen molar-refractivity contribution in [3.8, 4) is 0 Å². The fourth-order valence-corrected chi connectivity index (χ4v) is 6.01. The van der Waals surface area contributed by atoms with Crippen molar-refractivity contribution in [2.45, 2.75) is 62.9 Å². The molecule has 1 aliphatic rings. The van der Waals surface area contributed by atoms with Gasteiger partial charge in [0.25, 0.3) is 0 Å². The lowest BCUT2D eigenvalue weighted by Gasteiger charge is -2.25. The summed E-state index contributed by atoms with van der Waals surface area (Å²) in [5, 5.41) is 3.97. The average Bonchev–Trinajstić information content (AvgIpc) is 3.25. The van der Waals surface area contributed by atoms with Crippen LogP contribution in [0.3, 0.4) is 0 Å². The van der Waals surface area contributed by atoms with Crippen LogP contribution in [-0.2, 0) is 27.8 Å². The van der Waals surface area contributed by atoms with Crippen LogP contribution >= 0.6 is 0 Å². The Bertz CT molecular complexity index is 1180. The molecule has 1 fully saturated rings. The molecular weight excluding hydrogens is 434 g/mol. The zero-order chi connectivity index (χ0) is 23.3. The fourth-order valence-electron chi connectivity index (χ4n) is 4.46. The Morgan fingerprint density at radius 3 is 2.55 bits per heavy atom. The number of piperidine rings is 1. The first kappa shape index (κ1) is 23.5. The van der Waals surface area contributed by atoms with Gasteiger partial charge in [-0.15, -0.1) is 0 Å². The van der Waals surface area contributed by atoms with Gasteiger partial charge in [0.2, 0.25) is 15.9 Å². The van der Waals surface area contributed by atoms with Gasteiger partial charge < -0.3 is 9.88 Å². The molecule has 1 aromatic heterocycles. The molecule has 33 heavy (non-hydrogen) atoms. The third-order valence-corrected chi connectivity index (χ3v) is 8.29. The number of carbonyl (C=O) groups excluding carboxylic acids is 1. The quantitative estimate of drug-likeness (QED) is 0.509. The molecule has 2 aromatic carbocycles. The summed E-state index contributed by atoms with van der Waals surface area (Å²) in [5.74, 6) is 0.0294. The van der Waals surface area contributed by atoms with Crippen LogP contribution in [0.25, 0.3) is 10.9 Å². The number of benzene rings is 2. The largest absolute Gasteiger partial charge is 0.354 e. The number of sulfonamides is 1. The molecule has 2 heterocycles. The first-order chi connectivity index (χ1) is 15.9. The molecule has 3 aromatic rings. The van der Waals surface area contributed by atoms with Crippen molar-refractivity contribution in [3.05, 3.63) is 66.4 Å². The predicted molar refractivity (Wildman–Crippen MR) is 132 cm³/mol. The zero-order valence-electron chi connectivity index (χ0n) is 19.2. The highest BCUT2D eigenvalue weighted by Gasteiger charge is 2.26. The number of aryl methyl sites for hydroxylation is 2. The summed E-state index contributed by atoms with van der Waals surface area (Å²) in [7, 11) is -3.45. The molecule has 1 amide bonds. The first-order valence-electron chi connectivity index (χ1n) is 11.9. The molecule has 176 valence electrons. The maximum atomic E-state index is 13.0. The van der Waals surface area contributed by atoms with Crippen LogP contribution in [0.1, 0.15) is 44.6 Å². The van der Waals surface area contributed by atoms with E-state index in [0.717, 1.165) is 43.0 Å². The summed E-state index contributed by atoms with van der Waals surface area (Å²) in [4.78, 5) is 12.8. The van der Waals surface area contributed by atoms with Crippen LogP contribution in [0, 0.1) is 0 Å². The molecule has 6 nitrogen and oxygen atoms in total. The van der Waals surface area contributed by atoms with Gasteiger partial charge in [0, 0.05) is 49.2 Å². The van der Waals surface area contributed by atoms with Gasteiger partial charge in [-0.25, -0.2) is 8.42 Å². The molecule has 0 aliphatic carbocycles. The van der Waals surface area contributed by atoms with Crippen molar-refractivity contribution in [3.63, 3.8) is 0 Å². The maximum absolute atomic E-state index is 13.0. The monoisotopic (exact) mass is 467 g/mol. The molecule has 7 heteroatoms. The summed E-state index contributed by atoms with van der Waals surface area (Å²) in [6, 6.07) is 17.6. The lowest BCUT2D eigenvalue weighted by Crippen LogP contribution is -2.35. The second-order valence-electron chi connectivity index (χ2n) is 8.94. The molecule has 0 unspecified atom stereocenters. The molecule has 1 aliphatic heterocycles. The number of fused-ring (bicyclic) bond motifs is 1. The third kappa shape index (κ3) is 5.84. The Hall–Kier alpha value is -2.64. The van der Waals surface area contributed by atoms with E-state index < -0.39 is 10.0 Å². The van der Waals surface area contributed by atoms with E-state index in [1.807, 2.05) is 48.0 Å². The van der Waals surface area contributed by atoms with Gasteiger partial charge in [-0.05, 0) is 62.4 Å². The van der Waals surface area contributed by atoms with Gasteiger partial charge in [-0.1, -0.05) is 36.8 Å². The van der Waals surface area contributed by atoms with E-state index in [1.54, 1.807) is 16.4 Å². The minimum Gasteiger partial charge on any atom is -0.354 e. The van der Waals surface area contributed by atoms with E-state index in [9.17, 15) is 13.2 Å². The lowest BCUT2D eigenvalue weighted by molar-refractivity contribution is -0.121. The SMILES string of the molecule is C[C@H](CCc1ccccc1)NC(=O)CCn1ccc2cc(S(=O)(=O)N3CCCCC3)ccc21. The van der Waals surface area contributed by atoms with Crippen molar-refractivity contribution in [1.29, 1.82) is 0 Å². The molecule has 4 rings (SSSR count). The molecule has 1 N–H and O–H groups in total. The van der Waals surface area contributed by atoms with E-state index >= 15 is 0 Å². The third-order valence-electron chi connectivity index (χ3n) is 6.39. The Morgan fingerprint density at radius 2 is 1.79 bits per heavy atom. The highest BCUT2D eigenvalue weighted by Crippen LogP contribution is 2.25. The van der Waals surface area contributed by atoms with Crippen LogP contribution < -0.4 is 5.32 Å². The van der Waals surface area contributed by atoms with Gasteiger partial charge in [-0.2, -0.15) is 4.31 Å². The van der Waals surface area contributed by atoms with Crippen molar-refractivity contribution in [2.24, 2.45) is 0 Å². The zero-order valence-corrected chi connectivity index (χ0v) is 20.1. The van der Waals surface area contributed by atoms with E-state index in [-0.39, 0.29) is 11.9 Å². The number of hydrogen-bond donors (Lipinski definition) is 1. The first-order valence-corrected chi connectivity index (χ1v) is 13.3. The van der Waals surface area contributed by atoms with E-state index in [2.05, 4.69) is 17.4 Å². The number of carbonyl (C=O) groups is 1. The van der Waals surface area contributed by atoms with Crippen molar-refractivity contribution >= 4 is 26.8 Å². The number of nitrogens with zero attached hydrogens (tertiary/aromatic N) is 2. The smallest absolute Gasteiger partial charge is 0.243 e.